The van der Waals surface area contributed by atoms with Crippen LogP contribution in [0.25, 0.3) is 0 Å². The fourth-order valence-electron chi connectivity index (χ4n) is 2.15. The van der Waals surface area contributed by atoms with Crippen molar-refractivity contribution in [3.05, 3.63) is 18.7 Å². The Morgan fingerprint density at radius 2 is 2.46 bits per heavy atom. The third kappa shape index (κ3) is 1.61. The zero-order valence-electron chi connectivity index (χ0n) is 8.27. The van der Waals surface area contributed by atoms with Crippen molar-refractivity contribution in [2.45, 2.75) is 32.4 Å². The zero-order valence-corrected chi connectivity index (χ0v) is 8.27. The van der Waals surface area contributed by atoms with Crippen LogP contribution in [0, 0.1) is 11.8 Å². The molecule has 0 spiro atoms. The number of nitrogens with two attached hydrogens (primary N) is 1. The van der Waals surface area contributed by atoms with E-state index in [-0.39, 0.29) is 5.54 Å². The lowest BCUT2D eigenvalue weighted by atomic mass is 10.0. The summed E-state index contributed by atoms with van der Waals surface area (Å²) in [6.07, 6.45) is 6.77. The van der Waals surface area contributed by atoms with E-state index in [4.69, 9.17) is 5.73 Å². The Bertz CT molecular complexity index is 278. The summed E-state index contributed by atoms with van der Waals surface area (Å²) < 4.78 is 2.07. The van der Waals surface area contributed by atoms with Crippen molar-refractivity contribution < 1.29 is 0 Å². The van der Waals surface area contributed by atoms with Gasteiger partial charge in [-0.15, -0.1) is 0 Å². The lowest BCUT2D eigenvalue weighted by Gasteiger charge is -2.13. The van der Waals surface area contributed by atoms with Crippen molar-refractivity contribution >= 4 is 0 Å². The molecule has 1 aliphatic rings. The van der Waals surface area contributed by atoms with Gasteiger partial charge in [0.25, 0.3) is 0 Å². The van der Waals surface area contributed by atoms with Crippen LogP contribution in [0.4, 0.5) is 0 Å². The molecule has 72 valence electrons. The first-order valence-electron chi connectivity index (χ1n) is 4.86. The second kappa shape index (κ2) is 2.84. The Labute approximate surface area is 79.0 Å². The number of rotatable bonds is 3. The second-order valence-electron chi connectivity index (χ2n) is 4.52. The minimum absolute atomic E-state index is 0.0366. The maximum atomic E-state index is 6.23. The van der Waals surface area contributed by atoms with Gasteiger partial charge in [-0.1, -0.05) is 13.8 Å². The summed E-state index contributed by atoms with van der Waals surface area (Å²) in [5, 5.41) is 0. The summed E-state index contributed by atoms with van der Waals surface area (Å²) in [5.74, 6) is 1.39. The molecule has 1 aliphatic carbocycles. The van der Waals surface area contributed by atoms with Gasteiger partial charge in [-0.25, -0.2) is 4.98 Å². The van der Waals surface area contributed by atoms with Crippen molar-refractivity contribution in [3.8, 4) is 0 Å². The SMILES string of the molecule is CC(C)C1CC1(N)Cn1ccnc1. The number of hydrogen-bond donors (Lipinski definition) is 1. The summed E-state index contributed by atoms with van der Waals surface area (Å²) in [6, 6.07) is 0. The predicted molar refractivity (Wildman–Crippen MR) is 52.1 cm³/mol. The van der Waals surface area contributed by atoms with Crippen LogP contribution in [0.2, 0.25) is 0 Å². The highest BCUT2D eigenvalue weighted by atomic mass is 15.1. The highest BCUT2D eigenvalue weighted by Crippen LogP contribution is 2.47. The van der Waals surface area contributed by atoms with E-state index in [1.54, 1.807) is 6.20 Å². The topological polar surface area (TPSA) is 43.8 Å². The molecule has 3 nitrogen and oxygen atoms in total. The molecule has 0 saturated heterocycles. The van der Waals surface area contributed by atoms with Crippen LogP contribution in [0.15, 0.2) is 18.7 Å². The molecule has 1 heterocycles. The first-order valence-corrected chi connectivity index (χ1v) is 4.86. The monoisotopic (exact) mass is 179 g/mol. The van der Waals surface area contributed by atoms with E-state index in [0.717, 1.165) is 13.0 Å². The van der Waals surface area contributed by atoms with Crippen LogP contribution in [0.5, 0.6) is 0 Å². The summed E-state index contributed by atoms with van der Waals surface area (Å²) in [6.45, 7) is 5.40. The molecular weight excluding hydrogens is 162 g/mol. The number of nitrogens with zero attached hydrogens (tertiary/aromatic N) is 2. The molecule has 0 amide bonds. The number of imidazole rings is 1. The second-order valence-corrected chi connectivity index (χ2v) is 4.52. The van der Waals surface area contributed by atoms with Crippen molar-refractivity contribution in [1.29, 1.82) is 0 Å². The van der Waals surface area contributed by atoms with E-state index >= 15 is 0 Å². The van der Waals surface area contributed by atoms with Gasteiger partial charge in [-0.3, -0.25) is 0 Å². The number of aromatic nitrogens is 2. The van der Waals surface area contributed by atoms with Crippen LogP contribution in [0.3, 0.4) is 0 Å². The van der Waals surface area contributed by atoms with Gasteiger partial charge in [0.2, 0.25) is 0 Å². The van der Waals surface area contributed by atoms with Gasteiger partial charge in [-0.2, -0.15) is 0 Å². The van der Waals surface area contributed by atoms with Gasteiger partial charge in [-0.05, 0) is 18.3 Å². The van der Waals surface area contributed by atoms with E-state index in [1.165, 1.54) is 0 Å². The quantitative estimate of drug-likeness (QED) is 0.759. The smallest absolute Gasteiger partial charge is 0.0946 e. The van der Waals surface area contributed by atoms with E-state index < -0.39 is 0 Å². The van der Waals surface area contributed by atoms with Gasteiger partial charge in [0.15, 0.2) is 0 Å². The molecule has 0 radical (unpaired) electrons. The standard InChI is InChI=1S/C10H17N3/c1-8(2)9-5-10(9,11)6-13-4-3-12-7-13/h3-4,7-9H,5-6,11H2,1-2H3. The van der Waals surface area contributed by atoms with Crippen LogP contribution >= 0.6 is 0 Å². The third-order valence-corrected chi connectivity index (χ3v) is 3.02. The van der Waals surface area contributed by atoms with E-state index in [2.05, 4.69) is 23.4 Å². The highest BCUT2D eigenvalue weighted by Gasteiger charge is 2.52. The van der Waals surface area contributed by atoms with Crippen molar-refractivity contribution in [2.75, 3.05) is 0 Å². The molecule has 1 aromatic heterocycles. The summed E-state index contributed by atoms with van der Waals surface area (Å²) in [7, 11) is 0. The molecule has 2 N–H and O–H groups in total. The Morgan fingerprint density at radius 3 is 2.92 bits per heavy atom. The Kier molecular flexibility index (Phi) is 1.91. The molecule has 1 saturated carbocycles. The maximum Gasteiger partial charge on any atom is 0.0946 e. The molecule has 0 bridgehead atoms. The first kappa shape index (κ1) is 8.75. The fourth-order valence-corrected chi connectivity index (χ4v) is 2.15. The van der Waals surface area contributed by atoms with Gasteiger partial charge >= 0.3 is 0 Å². The van der Waals surface area contributed by atoms with Gasteiger partial charge in [0.05, 0.1) is 6.33 Å². The van der Waals surface area contributed by atoms with Crippen molar-refractivity contribution in [1.82, 2.24) is 9.55 Å². The molecule has 0 aromatic carbocycles. The van der Waals surface area contributed by atoms with E-state index in [0.29, 0.717) is 11.8 Å². The average Bonchev–Trinajstić information content (AvgIpc) is 2.50. The summed E-state index contributed by atoms with van der Waals surface area (Å²) in [4.78, 5) is 4.01. The average molecular weight is 179 g/mol. The molecule has 2 unspecified atom stereocenters. The zero-order chi connectivity index (χ0) is 9.47. The molecule has 0 aliphatic heterocycles. The largest absolute Gasteiger partial charge is 0.336 e. The molecule has 2 atom stereocenters. The molecular formula is C10H17N3. The molecule has 13 heavy (non-hydrogen) atoms. The predicted octanol–water partition coefficient (Wildman–Crippen LogP) is 1.26. The van der Waals surface area contributed by atoms with Crippen molar-refractivity contribution in [3.63, 3.8) is 0 Å². The first-order chi connectivity index (χ1) is 6.12. The minimum Gasteiger partial charge on any atom is -0.336 e. The maximum absolute atomic E-state index is 6.23. The third-order valence-electron chi connectivity index (χ3n) is 3.02. The Hall–Kier alpha value is -0.830. The Morgan fingerprint density at radius 1 is 1.69 bits per heavy atom. The normalized spacial score (nSPS) is 32.5. The summed E-state index contributed by atoms with van der Waals surface area (Å²) >= 11 is 0. The van der Waals surface area contributed by atoms with E-state index in [9.17, 15) is 0 Å². The van der Waals surface area contributed by atoms with Gasteiger partial charge in [0, 0.05) is 24.5 Å². The Balaban J connectivity index is 1.97. The van der Waals surface area contributed by atoms with Gasteiger partial charge < -0.3 is 10.3 Å². The molecule has 2 rings (SSSR count). The fraction of sp³-hybridized carbons (Fsp3) is 0.700. The lowest BCUT2D eigenvalue weighted by Crippen LogP contribution is -2.31. The van der Waals surface area contributed by atoms with Crippen LogP contribution in [0.1, 0.15) is 20.3 Å². The highest BCUT2D eigenvalue weighted by molar-refractivity contribution is 5.09. The molecule has 1 aromatic rings. The van der Waals surface area contributed by atoms with E-state index in [1.807, 2.05) is 12.5 Å². The lowest BCUT2D eigenvalue weighted by molar-refractivity contribution is 0.433. The van der Waals surface area contributed by atoms with Crippen LogP contribution in [-0.2, 0) is 6.54 Å². The molecule has 1 fully saturated rings. The minimum atomic E-state index is 0.0366. The number of hydrogen-bond acceptors (Lipinski definition) is 2. The van der Waals surface area contributed by atoms with Crippen molar-refractivity contribution in [2.24, 2.45) is 17.6 Å². The van der Waals surface area contributed by atoms with Crippen LogP contribution in [-0.4, -0.2) is 15.1 Å². The van der Waals surface area contributed by atoms with Gasteiger partial charge in [0.1, 0.15) is 0 Å². The summed E-state index contributed by atoms with van der Waals surface area (Å²) in [5.41, 5.74) is 6.27. The molecule has 3 heteroatoms. The van der Waals surface area contributed by atoms with Crippen LogP contribution < -0.4 is 5.73 Å².